The topological polar surface area (TPSA) is 113 Å². The Morgan fingerprint density at radius 2 is 1.89 bits per heavy atom. The summed E-state index contributed by atoms with van der Waals surface area (Å²) in [5.41, 5.74) is 0.895. The van der Waals surface area contributed by atoms with Crippen molar-refractivity contribution >= 4 is 34.9 Å². The summed E-state index contributed by atoms with van der Waals surface area (Å²) in [6.07, 6.45) is -6.27. The van der Waals surface area contributed by atoms with Crippen molar-refractivity contribution < 1.29 is 42.5 Å². The van der Waals surface area contributed by atoms with Crippen molar-refractivity contribution in [3.8, 4) is 16.2 Å². The second-order valence-corrected chi connectivity index (χ2v) is 6.64. The number of carboxylic acids is 2. The fraction of sp³-hybridized carbons (Fsp3) is 0.235. The van der Waals surface area contributed by atoms with Crippen molar-refractivity contribution in [1.29, 1.82) is 0 Å². The molecule has 1 amide bonds. The molecule has 0 saturated heterocycles. The Labute approximate surface area is 160 Å². The normalized spacial score (nSPS) is 11.1. The van der Waals surface area contributed by atoms with Crippen LogP contribution in [-0.2, 0) is 9.59 Å². The Morgan fingerprint density at radius 1 is 1.21 bits per heavy atom. The van der Waals surface area contributed by atoms with Gasteiger partial charge in [-0.25, -0.2) is 9.59 Å². The second kappa shape index (κ2) is 8.30. The summed E-state index contributed by atoms with van der Waals surface area (Å²) in [4.78, 5) is 33.8. The van der Waals surface area contributed by atoms with Crippen LogP contribution in [0.3, 0.4) is 0 Å². The van der Waals surface area contributed by atoms with Gasteiger partial charge in [-0.1, -0.05) is 12.1 Å². The summed E-state index contributed by atoms with van der Waals surface area (Å²) in [6, 6.07) is 5.83. The standard InChI is InChI=1S/C17H14F3NO6S/c1-8-13(27-7-12(23)24)15(16(25)26)28-14(8)9-3-2-4-10(5-9)21-11(22)6-17(18,19)20/h2-5H,6-7H2,1H3,(H,21,22)(H,23,24)(H,25,26). The van der Waals surface area contributed by atoms with E-state index >= 15 is 0 Å². The number of nitrogens with one attached hydrogen (secondary N) is 1. The Bertz CT molecular complexity index is 922. The lowest BCUT2D eigenvalue weighted by Gasteiger charge is -2.09. The predicted octanol–water partition coefficient (Wildman–Crippen LogP) is 3.78. The number of anilines is 1. The van der Waals surface area contributed by atoms with Gasteiger partial charge >= 0.3 is 18.1 Å². The van der Waals surface area contributed by atoms with Crippen molar-refractivity contribution in [3.05, 3.63) is 34.7 Å². The number of rotatable bonds is 7. The number of ether oxygens (including phenoxy) is 1. The quantitative estimate of drug-likeness (QED) is 0.632. The van der Waals surface area contributed by atoms with E-state index in [1.54, 1.807) is 6.07 Å². The molecule has 1 aromatic heterocycles. The van der Waals surface area contributed by atoms with Crippen LogP contribution >= 0.6 is 11.3 Å². The number of aliphatic carboxylic acids is 1. The second-order valence-electron chi connectivity index (χ2n) is 5.62. The maximum absolute atomic E-state index is 12.3. The van der Waals surface area contributed by atoms with Gasteiger partial charge in [0, 0.05) is 16.1 Å². The minimum absolute atomic E-state index is 0.0959. The van der Waals surface area contributed by atoms with Crippen LogP contribution in [0.25, 0.3) is 10.4 Å². The number of alkyl halides is 3. The number of carbonyl (C=O) groups is 3. The highest BCUT2D eigenvalue weighted by atomic mass is 32.1. The molecule has 0 radical (unpaired) electrons. The maximum Gasteiger partial charge on any atom is 0.397 e. The molecule has 3 N–H and O–H groups in total. The fourth-order valence-electron chi connectivity index (χ4n) is 2.35. The number of halogens is 3. The van der Waals surface area contributed by atoms with Crippen LogP contribution in [0.2, 0.25) is 0 Å². The number of carbonyl (C=O) groups excluding carboxylic acids is 1. The van der Waals surface area contributed by atoms with E-state index in [0.29, 0.717) is 16.0 Å². The smallest absolute Gasteiger partial charge is 0.397 e. The highest BCUT2D eigenvalue weighted by Gasteiger charge is 2.31. The zero-order valence-electron chi connectivity index (χ0n) is 14.3. The molecule has 0 saturated carbocycles. The summed E-state index contributed by atoms with van der Waals surface area (Å²) in [7, 11) is 0. The SMILES string of the molecule is Cc1c(-c2cccc(NC(=O)CC(F)(F)F)c2)sc(C(=O)O)c1OCC(=O)O. The minimum Gasteiger partial charge on any atom is -0.480 e. The third-order valence-electron chi connectivity index (χ3n) is 3.40. The van der Waals surface area contributed by atoms with Crippen molar-refractivity contribution in [2.24, 2.45) is 0 Å². The Kier molecular flexibility index (Phi) is 6.29. The number of hydrogen-bond donors (Lipinski definition) is 3. The predicted molar refractivity (Wildman–Crippen MR) is 93.9 cm³/mol. The lowest BCUT2D eigenvalue weighted by molar-refractivity contribution is -0.150. The van der Waals surface area contributed by atoms with E-state index in [1.165, 1.54) is 25.1 Å². The number of carboxylic acid groups (broad SMARTS) is 2. The minimum atomic E-state index is -4.64. The molecule has 1 heterocycles. The van der Waals surface area contributed by atoms with Crippen molar-refractivity contribution in [3.63, 3.8) is 0 Å². The van der Waals surface area contributed by atoms with Crippen LogP contribution in [0.4, 0.5) is 18.9 Å². The molecular weight excluding hydrogens is 403 g/mol. The first-order valence-corrected chi connectivity index (χ1v) is 8.48. The summed E-state index contributed by atoms with van der Waals surface area (Å²) >= 11 is 0.826. The molecule has 11 heteroatoms. The first-order chi connectivity index (χ1) is 13.0. The largest absolute Gasteiger partial charge is 0.480 e. The van der Waals surface area contributed by atoms with Gasteiger partial charge in [-0.2, -0.15) is 13.2 Å². The van der Waals surface area contributed by atoms with E-state index in [4.69, 9.17) is 9.84 Å². The van der Waals surface area contributed by atoms with E-state index < -0.39 is 37.0 Å². The summed E-state index contributed by atoms with van der Waals surface area (Å²) in [6.45, 7) is 0.801. The molecule has 7 nitrogen and oxygen atoms in total. The lowest BCUT2D eigenvalue weighted by atomic mass is 10.1. The molecule has 0 spiro atoms. The molecule has 28 heavy (non-hydrogen) atoms. The molecular formula is C17H14F3NO6S. The zero-order valence-corrected chi connectivity index (χ0v) is 15.1. The van der Waals surface area contributed by atoms with Crippen LogP contribution in [0.5, 0.6) is 5.75 Å². The van der Waals surface area contributed by atoms with Gasteiger partial charge in [-0.15, -0.1) is 11.3 Å². The molecule has 0 atom stereocenters. The van der Waals surface area contributed by atoms with Crippen LogP contribution in [-0.4, -0.2) is 40.8 Å². The first-order valence-electron chi connectivity index (χ1n) is 7.66. The van der Waals surface area contributed by atoms with Gasteiger partial charge in [0.25, 0.3) is 0 Å². The van der Waals surface area contributed by atoms with Crippen LogP contribution < -0.4 is 10.1 Å². The average Bonchev–Trinajstić information content (AvgIpc) is 2.88. The lowest BCUT2D eigenvalue weighted by Crippen LogP contribution is -2.21. The summed E-state index contributed by atoms with van der Waals surface area (Å²) in [5.74, 6) is -3.92. The third kappa shape index (κ3) is 5.46. The van der Waals surface area contributed by atoms with Gasteiger partial charge in [0.15, 0.2) is 11.5 Å². The van der Waals surface area contributed by atoms with Gasteiger partial charge in [0.05, 0.1) is 0 Å². The summed E-state index contributed by atoms with van der Waals surface area (Å²) < 4.78 is 41.9. The highest BCUT2D eigenvalue weighted by molar-refractivity contribution is 7.18. The van der Waals surface area contributed by atoms with Crippen LogP contribution in [0.1, 0.15) is 21.7 Å². The first kappa shape index (κ1) is 21.2. The molecule has 0 aliphatic rings. The van der Waals surface area contributed by atoms with E-state index in [1.807, 2.05) is 0 Å². The molecule has 2 aromatic rings. The molecule has 0 unspecified atom stereocenters. The molecule has 2 rings (SSSR count). The number of amides is 1. The summed E-state index contributed by atoms with van der Waals surface area (Å²) in [5, 5.41) is 20.2. The molecule has 1 aromatic carbocycles. The number of aromatic carboxylic acids is 1. The number of thiophene rings is 1. The Morgan fingerprint density at radius 3 is 2.46 bits per heavy atom. The Balaban J connectivity index is 2.35. The Hall–Kier alpha value is -3.08. The molecule has 0 aliphatic heterocycles. The monoisotopic (exact) mass is 417 g/mol. The van der Waals surface area contributed by atoms with Gasteiger partial charge in [0.1, 0.15) is 12.2 Å². The van der Waals surface area contributed by atoms with E-state index in [2.05, 4.69) is 5.32 Å². The zero-order chi connectivity index (χ0) is 21.1. The maximum atomic E-state index is 12.3. The van der Waals surface area contributed by atoms with E-state index in [-0.39, 0.29) is 16.3 Å². The van der Waals surface area contributed by atoms with Crippen LogP contribution in [0.15, 0.2) is 24.3 Å². The molecule has 0 fully saturated rings. The van der Waals surface area contributed by atoms with Crippen LogP contribution in [0, 0.1) is 6.92 Å². The van der Waals surface area contributed by atoms with E-state index in [9.17, 15) is 32.7 Å². The van der Waals surface area contributed by atoms with Gasteiger partial charge in [-0.3, -0.25) is 4.79 Å². The molecule has 150 valence electrons. The molecule has 0 aliphatic carbocycles. The van der Waals surface area contributed by atoms with Crippen molar-refractivity contribution in [2.45, 2.75) is 19.5 Å². The van der Waals surface area contributed by atoms with E-state index in [0.717, 1.165) is 11.3 Å². The fourth-order valence-corrected chi connectivity index (χ4v) is 3.43. The van der Waals surface area contributed by atoms with Crippen molar-refractivity contribution in [2.75, 3.05) is 11.9 Å². The number of benzene rings is 1. The van der Waals surface area contributed by atoms with Crippen molar-refractivity contribution in [1.82, 2.24) is 0 Å². The number of hydrogen-bond acceptors (Lipinski definition) is 5. The van der Waals surface area contributed by atoms with Gasteiger partial charge < -0.3 is 20.3 Å². The third-order valence-corrected chi connectivity index (χ3v) is 4.71. The highest BCUT2D eigenvalue weighted by Crippen LogP contribution is 2.42. The van der Waals surface area contributed by atoms with Gasteiger partial charge in [-0.05, 0) is 24.6 Å². The average molecular weight is 417 g/mol. The molecule has 0 bridgehead atoms. The van der Waals surface area contributed by atoms with Gasteiger partial charge in [0.2, 0.25) is 5.91 Å².